The summed E-state index contributed by atoms with van der Waals surface area (Å²) in [6, 6.07) is 0. The van der Waals surface area contributed by atoms with Gasteiger partial charge in [0.25, 0.3) is 0 Å². The van der Waals surface area contributed by atoms with Crippen molar-refractivity contribution in [3.8, 4) is 0 Å². The van der Waals surface area contributed by atoms with Gasteiger partial charge in [-0.1, -0.05) is 20.3 Å². The molecule has 0 bridgehead atoms. The molecule has 1 nitrogen and oxygen atoms in total. The molecule has 0 heterocycles. The summed E-state index contributed by atoms with van der Waals surface area (Å²) >= 11 is 0. The van der Waals surface area contributed by atoms with Crippen LogP contribution in [-0.4, -0.2) is 22.8 Å². The van der Waals surface area contributed by atoms with E-state index >= 15 is 0 Å². The molecule has 33 valence electrons. The van der Waals surface area contributed by atoms with E-state index in [4.69, 9.17) is 0 Å². The van der Waals surface area contributed by atoms with Crippen LogP contribution in [0.1, 0.15) is 13.3 Å². The van der Waals surface area contributed by atoms with Crippen LogP contribution in [-0.2, 0) is 0 Å². The van der Waals surface area contributed by atoms with Crippen molar-refractivity contribution < 1.29 is 5.48 Å². The predicted molar refractivity (Wildman–Crippen MR) is 29.2 cm³/mol. The molecule has 0 aromatic carbocycles. The summed E-state index contributed by atoms with van der Waals surface area (Å²) in [5.41, 5.74) is 0. The summed E-state index contributed by atoms with van der Waals surface area (Å²) in [5, 5.41) is 0. The third-order valence-electron chi connectivity index (χ3n) is 0. The molecule has 0 amide bonds. The quantitative estimate of drug-likeness (QED) is 0.350. The van der Waals surface area contributed by atoms with E-state index in [9.17, 15) is 0 Å². The van der Waals surface area contributed by atoms with Crippen molar-refractivity contribution in [1.29, 1.82) is 0 Å². The van der Waals surface area contributed by atoms with Crippen LogP contribution in [0.25, 0.3) is 0 Å². The highest BCUT2D eigenvalue weighted by Crippen LogP contribution is 1.54. The van der Waals surface area contributed by atoms with Gasteiger partial charge in [-0.15, -0.1) is 0 Å². The van der Waals surface area contributed by atoms with Gasteiger partial charge < -0.3 is 5.48 Å². The molecule has 5 heavy (non-hydrogen) atoms. The minimum absolute atomic E-state index is 0. The second-order valence-corrected chi connectivity index (χ2v) is 0.500. The summed E-state index contributed by atoms with van der Waals surface area (Å²) in [7, 11) is 0. The Labute approximate surface area is 43.8 Å². The Hall–Kier alpha value is 0.492. The molecule has 0 aliphatic heterocycles. The van der Waals surface area contributed by atoms with E-state index in [2.05, 4.69) is 6.92 Å². The molecular formula is C3H12AlO. The number of hydrogen-bond acceptors (Lipinski definition) is 0. The van der Waals surface area contributed by atoms with Crippen LogP contribution in [0, 0.1) is 6.92 Å². The fourth-order valence-corrected chi connectivity index (χ4v) is 0. The Morgan fingerprint density at radius 1 is 1.60 bits per heavy atom. The lowest BCUT2D eigenvalue weighted by Crippen LogP contribution is -1.29. The van der Waals surface area contributed by atoms with E-state index < -0.39 is 0 Å². The highest BCUT2D eigenvalue weighted by Gasteiger charge is 1.36. The molecule has 0 saturated carbocycles. The maximum atomic E-state index is 3.49. The van der Waals surface area contributed by atoms with Crippen LogP contribution in [0.15, 0.2) is 0 Å². The molecule has 0 aromatic heterocycles. The number of rotatable bonds is 0. The first-order chi connectivity index (χ1) is 1.41. The Morgan fingerprint density at radius 3 is 1.60 bits per heavy atom. The lowest BCUT2D eigenvalue weighted by molar-refractivity contribution is 0.824. The van der Waals surface area contributed by atoms with E-state index in [1.807, 2.05) is 6.92 Å². The average molecular weight is 91.1 g/mol. The van der Waals surface area contributed by atoms with Crippen LogP contribution in [0.3, 0.4) is 0 Å². The van der Waals surface area contributed by atoms with Gasteiger partial charge in [0.1, 0.15) is 0 Å². The first kappa shape index (κ1) is 17.8. The van der Waals surface area contributed by atoms with Crippen molar-refractivity contribution in [1.82, 2.24) is 0 Å². The lowest BCUT2D eigenvalue weighted by atomic mass is 10.6. The van der Waals surface area contributed by atoms with Crippen molar-refractivity contribution in [2.45, 2.75) is 13.3 Å². The van der Waals surface area contributed by atoms with Gasteiger partial charge in [-0.2, -0.15) is 0 Å². The molecule has 1 radical (unpaired) electrons. The minimum atomic E-state index is 0. The van der Waals surface area contributed by atoms with Crippen molar-refractivity contribution in [3.05, 3.63) is 6.92 Å². The van der Waals surface area contributed by atoms with E-state index in [-0.39, 0.29) is 22.8 Å². The molecule has 0 unspecified atom stereocenters. The van der Waals surface area contributed by atoms with E-state index in [0.717, 1.165) is 6.42 Å². The maximum absolute atomic E-state index is 3.49. The zero-order chi connectivity index (χ0) is 2.71. The van der Waals surface area contributed by atoms with Gasteiger partial charge in [0.2, 0.25) is 0 Å². The highest BCUT2D eigenvalue weighted by atomic mass is 27.0. The fraction of sp³-hybridized carbons (Fsp3) is 0.667. The van der Waals surface area contributed by atoms with Crippen LogP contribution in [0.4, 0.5) is 0 Å². The van der Waals surface area contributed by atoms with Crippen LogP contribution >= 0.6 is 0 Å². The molecule has 0 aromatic rings. The van der Waals surface area contributed by atoms with Gasteiger partial charge >= 0.3 is 0 Å². The fourth-order valence-electron chi connectivity index (χ4n) is 0. The van der Waals surface area contributed by atoms with E-state index in [1.165, 1.54) is 0 Å². The van der Waals surface area contributed by atoms with Gasteiger partial charge in [-0.05, 0) is 0 Å². The van der Waals surface area contributed by atoms with Crippen LogP contribution in [0.2, 0.25) is 0 Å². The summed E-state index contributed by atoms with van der Waals surface area (Å²) in [6.45, 7) is 5.50. The first-order valence-electron chi connectivity index (χ1n) is 1.21. The van der Waals surface area contributed by atoms with Gasteiger partial charge in [0, 0.05) is 0 Å². The predicted octanol–water partition coefficient (Wildman–Crippen LogP) is -0.778. The topological polar surface area (TPSA) is 31.5 Å². The monoisotopic (exact) mass is 91.1 g/mol. The van der Waals surface area contributed by atoms with Crippen molar-refractivity contribution in [2.75, 3.05) is 0 Å². The standard InChI is InChI=1S/C3H7.Al.H2O.3H/c1-3-2;;;;;/h1,3H2,2H3;;1H2;;;. The summed E-state index contributed by atoms with van der Waals surface area (Å²) in [5.74, 6) is 0. The Morgan fingerprint density at radius 2 is 1.60 bits per heavy atom. The van der Waals surface area contributed by atoms with Crippen LogP contribution in [0.5, 0.6) is 0 Å². The van der Waals surface area contributed by atoms with Crippen molar-refractivity contribution in [3.63, 3.8) is 0 Å². The molecule has 0 aliphatic rings. The van der Waals surface area contributed by atoms with Crippen molar-refractivity contribution in [2.24, 2.45) is 0 Å². The summed E-state index contributed by atoms with van der Waals surface area (Å²) < 4.78 is 0. The molecule has 2 heteroatoms. The Kier molecular flexibility index (Phi) is 87.8. The normalized spacial score (nSPS) is 3.60. The first-order valence-corrected chi connectivity index (χ1v) is 1.21. The molecule has 0 rings (SSSR count). The molecule has 0 aliphatic carbocycles. The largest absolute Gasteiger partial charge is 0.412 e. The van der Waals surface area contributed by atoms with Gasteiger partial charge in [-0.25, -0.2) is 0 Å². The molecule has 0 fully saturated rings. The average Bonchev–Trinajstić information content (AvgIpc) is 0.918. The molecule has 0 atom stereocenters. The second-order valence-electron chi connectivity index (χ2n) is 0.500. The van der Waals surface area contributed by atoms with Crippen molar-refractivity contribution >= 4 is 17.4 Å². The third-order valence-corrected chi connectivity index (χ3v) is 0. The smallest absolute Gasteiger partial charge is 0.187 e. The van der Waals surface area contributed by atoms with E-state index in [1.54, 1.807) is 0 Å². The maximum Gasteiger partial charge on any atom is 0.187 e. The Balaban J connectivity index is -0.0000000200. The highest BCUT2D eigenvalue weighted by molar-refractivity contribution is 5.75. The second kappa shape index (κ2) is 24.6. The lowest BCUT2D eigenvalue weighted by Gasteiger charge is -1.47. The Bertz CT molecular complexity index is 6.85. The summed E-state index contributed by atoms with van der Waals surface area (Å²) in [6.07, 6.45) is 1.00. The zero-order valence-corrected chi connectivity index (χ0v) is 2.91. The minimum Gasteiger partial charge on any atom is -0.412 e. The zero-order valence-electron chi connectivity index (χ0n) is 2.91. The van der Waals surface area contributed by atoms with E-state index in [0.29, 0.717) is 0 Å². The van der Waals surface area contributed by atoms with Gasteiger partial charge in [0.05, 0.1) is 0 Å². The molecule has 2 N–H and O–H groups in total. The number of hydrogen-bond donors (Lipinski definition) is 0. The summed E-state index contributed by atoms with van der Waals surface area (Å²) in [4.78, 5) is 0. The van der Waals surface area contributed by atoms with Gasteiger partial charge in [-0.3, -0.25) is 0 Å². The van der Waals surface area contributed by atoms with Gasteiger partial charge in [0.15, 0.2) is 17.4 Å². The molecular weight excluding hydrogens is 79.0 g/mol. The van der Waals surface area contributed by atoms with Crippen LogP contribution < -0.4 is 0 Å². The SMILES string of the molecule is O.[AlH3].[CH2]CC. The third kappa shape index (κ3) is 115. The molecule has 0 spiro atoms. The molecule has 0 saturated heterocycles.